The minimum atomic E-state index is -0.473. The molecule has 0 amide bonds. The SMILES string of the molecule is O=[N+]([O-])c1ccc2oc(NCCCOCCO)nc2c1. The van der Waals surface area contributed by atoms with E-state index in [1.807, 2.05) is 0 Å². The lowest BCUT2D eigenvalue weighted by Crippen LogP contribution is -2.07. The van der Waals surface area contributed by atoms with Crippen molar-refractivity contribution in [3.63, 3.8) is 0 Å². The molecule has 0 fully saturated rings. The Balaban J connectivity index is 1.89. The van der Waals surface area contributed by atoms with Crippen LogP contribution in [-0.4, -0.2) is 41.4 Å². The largest absolute Gasteiger partial charge is 0.424 e. The summed E-state index contributed by atoms with van der Waals surface area (Å²) in [6, 6.07) is 4.59. The summed E-state index contributed by atoms with van der Waals surface area (Å²) in [6.45, 7) is 1.46. The molecular formula is C12H15N3O5. The number of nitro benzene ring substituents is 1. The van der Waals surface area contributed by atoms with Crippen molar-refractivity contribution in [3.05, 3.63) is 28.3 Å². The topological polar surface area (TPSA) is 111 Å². The van der Waals surface area contributed by atoms with Gasteiger partial charge in [-0.05, 0) is 12.5 Å². The third-order valence-corrected chi connectivity index (χ3v) is 2.56. The zero-order valence-electron chi connectivity index (χ0n) is 10.7. The highest BCUT2D eigenvalue weighted by molar-refractivity contribution is 5.77. The number of nitrogens with zero attached hydrogens (tertiary/aromatic N) is 2. The first-order valence-corrected chi connectivity index (χ1v) is 6.18. The number of rotatable bonds is 8. The van der Waals surface area contributed by atoms with Gasteiger partial charge >= 0.3 is 0 Å². The minimum Gasteiger partial charge on any atom is -0.424 e. The zero-order valence-corrected chi connectivity index (χ0v) is 10.7. The number of nitrogens with one attached hydrogen (secondary N) is 1. The molecule has 0 aliphatic rings. The maximum absolute atomic E-state index is 10.6. The monoisotopic (exact) mass is 281 g/mol. The Morgan fingerprint density at radius 2 is 2.30 bits per heavy atom. The van der Waals surface area contributed by atoms with Crippen LogP contribution in [0.2, 0.25) is 0 Å². The van der Waals surface area contributed by atoms with Crippen LogP contribution in [0.3, 0.4) is 0 Å². The fourth-order valence-electron chi connectivity index (χ4n) is 1.64. The summed E-state index contributed by atoms with van der Waals surface area (Å²) in [7, 11) is 0. The molecule has 0 atom stereocenters. The van der Waals surface area contributed by atoms with Crippen LogP contribution in [-0.2, 0) is 4.74 Å². The van der Waals surface area contributed by atoms with Gasteiger partial charge in [0.05, 0.1) is 18.1 Å². The molecule has 8 nitrogen and oxygen atoms in total. The molecule has 0 aliphatic carbocycles. The first-order chi connectivity index (χ1) is 9.70. The van der Waals surface area contributed by atoms with E-state index in [0.717, 1.165) is 6.42 Å². The fourth-order valence-corrected chi connectivity index (χ4v) is 1.64. The third-order valence-electron chi connectivity index (χ3n) is 2.56. The van der Waals surface area contributed by atoms with Gasteiger partial charge in [-0.1, -0.05) is 0 Å². The summed E-state index contributed by atoms with van der Waals surface area (Å²) < 4.78 is 10.5. The highest BCUT2D eigenvalue weighted by Crippen LogP contribution is 2.23. The Hall–Kier alpha value is -2.19. The van der Waals surface area contributed by atoms with Gasteiger partial charge in [-0.2, -0.15) is 4.98 Å². The van der Waals surface area contributed by atoms with Crippen molar-refractivity contribution in [3.8, 4) is 0 Å². The van der Waals surface area contributed by atoms with Crippen molar-refractivity contribution in [2.24, 2.45) is 0 Å². The summed E-state index contributed by atoms with van der Waals surface area (Å²) in [5.41, 5.74) is 0.919. The smallest absolute Gasteiger partial charge is 0.295 e. The molecule has 2 aromatic rings. The number of fused-ring (bicyclic) bond motifs is 1. The van der Waals surface area contributed by atoms with E-state index in [2.05, 4.69) is 10.3 Å². The molecule has 0 aliphatic heterocycles. The average molecular weight is 281 g/mol. The Morgan fingerprint density at radius 3 is 3.05 bits per heavy atom. The quantitative estimate of drug-likeness (QED) is 0.429. The lowest BCUT2D eigenvalue weighted by molar-refractivity contribution is -0.384. The van der Waals surface area contributed by atoms with E-state index < -0.39 is 4.92 Å². The molecule has 0 unspecified atom stereocenters. The molecule has 8 heteroatoms. The van der Waals surface area contributed by atoms with Crippen LogP contribution in [0, 0.1) is 10.1 Å². The number of ether oxygens (including phenoxy) is 1. The predicted molar refractivity (Wildman–Crippen MR) is 71.7 cm³/mol. The molecule has 2 N–H and O–H groups in total. The maximum Gasteiger partial charge on any atom is 0.295 e. The summed E-state index contributed by atoms with van der Waals surface area (Å²) in [4.78, 5) is 14.3. The van der Waals surface area contributed by atoms with Crippen molar-refractivity contribution in [1.29, 1.82) is 0 Å². The van der Waals surface area contributed by atoms with Gasteiger partial charge in [0, 0.05) is 25.3 Å². The van der Waals surface area contributed by atoms with Crippen molar-refractivity contribution in [2.45, 2.75) is 6.42 Å². The van der Waals surface area contributed by atoms with E-state index in [-0.39, 0.29) is 12.3 Å². The molecule has 1 aromatic heterocycles. The Morgan fingerprint density at radius 1 is 1.45 bits per heavy atom. The summed E-state index contributed by atoms with van der Waals surface area (Å²) in [5.74, 6) is 0. The molecule has 1 aromatic carbocycles. The molecule has 0 saturated carbocycles. The number of benzene rings is 1. The van der Waals surface area contributed by atoms with Crippen LogP contribution < -0.4 is 5.32 Å². The highest BCUT2D eigenvalue weighted by atomic mass is 16.6. The predicted octanol–water partition coefficient (Wildman–Crippen LogP) is 1.55. The highest BCUT2D eigenvalue weighted by Gasteiger charge is 2.11. The van der Waals surface area contributed by atoms with Gasteiger partial charge in [-0.3, -0.25) is 10.1 Å². The number of non-ortho nitro benzene ring substituents is 1. The number of anilines is 1. The average Bonchev–Trinajstić information content (AvgIpc) is 2.84. The zero-order chi connectivity index (χ0) is 14.4. The van der Waals surface area contributed by atoms with E-state index >= 15 is 0 Å². The van der Waals surface area contributed by atoms with E-state index in [1.165, 1.54) is 18.2 Å². The van der Waals surface area contributed by atoms with Crippen LogP contribution >= 0.6 is 0 Å². The first-order valence-electron chi connectivity index (χ1n) is 6.18. The molecule has 0 bridgehead atoms. The molecule has 2 rings (SSSR count). The minimum absolute atomic E-state index is 0.0112. The van der Waals surface area contributed by atoms with Crippen molar-refractivity contribution in [2.75, 3.05) is 31.7 Å². The number of aromatic nitrogens is 1. The fraction of sp³-hybridized carbons (Fsp3) is 0.417. The van der Waals surface area contributed by atoms with E-state index in [0.29, 0.717) is 36.9 Å². The van der Waals surface area contributed by atoms with Gasteiger partial charge in [-0.15, -0.1) is 0 Å². The Kier molecular flexibility index (Phi) is 4.85. The van der Waals surface area contributed by atoms with Crippen LogP contribution in [0.4, 0.5) is 11.7 Å². The molecule has 108 valence electrons. The van der Waals surface area contributed by atoms with Gasteiger partial charge in [0.2, 0.25) is 0 Å². The van der Waals surface area contributed by atoms with Crippen LogP contribution in [0.25, 0.3) is 11.1 Å². The Bertz CT molecular complexity index is 583. The Labute approximate surface area is 114 Å². The lowest BCUT2D eigenvalue weighted by atomic mass is 10.3. The standard InChI is InChI=1S/C12H15N3O5/c16-5-7-19-6-1-4-13-12-14-10-8-9(15(17)18)2-3-11(10)20-12/h2-3,8,16H,1,4-7H2,(H,13,14). The van der Waals surface area contributed by atoms with Gasteiger partial charge < -0.3 is 19.6 Å². The maximum atomic E-state index is 10.6. The lowest BCUT2D eigenvalue weighted by Gasteiger charge is -2.02. The number of hydrogen-bond donors (Lipinski definition) is 2. The molecule has 1 heterocycles. The number of hydrogen-bond acceptors (Lipinski definition) is 7. The number of oxazole rings is 1. The summed E-state index contributed by atoms with van der Waals surface area (Å²) in [6.07, 6.45) is 0.735. The summed E-state index contributed by atoms with van der Waals surface area (Å²) in [5, 5.41) is 22.1. The number of aliphatic hydroxyl groups is 1. The van der Waals surface area contributed by atoms with Crippen LogP contribution in [0.15, 0.2) is 22.6 Å². The molecule has 0 saturated heterocycles. The second kappa shape index (κ2) is 6.83. The number of aliphatic hydroxyl groups excluding tert-OH is 1. The van der Waals surface area contributed by atoms with Gasteiger partial charge in [0.15, 0.2) is 5.58 Å². The summed E-state index contributed by atoms with van der Waals surface area (Å²) >= 11 is 0. The molecule has 20 heavy (non-hydrogen) atoms. The van der Waals surface area contributed by atoms with Crippen molar-refractivity contribution >= 4 is 22.8 Å². The normalized spacial score (nSPS) is 10.8. The van der Waals surface area contributed by atoms with Crippen LogP contribution in [0.5, 0.6) is 0 Å². The van der Waals surface area contributed by atoms with E-state index in [1.54, 1.807) is 0 Å². The molecular weight excluding hydrogens is 266 g/mol. The van der Waals surface area contributed by atoms with Crippen LogP contribution in [0.1, 0.15) is 6.42 Å². The van der Waals surface area contributed by atoms with Crippen molar-refractivity contribution < 1.29 is 19.2 Å². The first kappa shape index (κ1) is 14.2. The molecule has 0 spiro atoms. The molecule has 0 radical (unpaired) electrons. The van der Waals surface area contributed by atoms with E-state index in [9.17, 15) is 10.1 Å². The third kappa shape index (κ3) is 3.65. The van der Waals surface area contributed by atoms with Crippen molar-refractivity contribution in [1.82, 2.24) is 4.98 Å². The second-order valence-corrected chi connectivity index (χ2v) is 4.04. The van der Waals surface area contributed by atoms with Gasteiger partial charge in [-0.25, -0.2) is 0 Å². The van der Waals surface area contributed by atoms with Gasteiger partial charge in [0.1, 0.15) is 5.52 Å². The van der Waals surface area contributed by atoms with Gasteiger partial charge in [0.25, 0.3) is 11.7 Å². The number of nitro groups is 1. The van der Waals surface area contributed by atoms with E-state index in [4.69, 9.17) is 14.3 Å². The second-order valence-electron chi connectivity index (χ2n) is 4.04.